The number of hydrogen-bond donors (Lipinski definition) is 3. The molecule has 0 radical (unpaired) electrons. The zero-order valence-corrected chi connectivity index (χ0v) is 11.5. The molecule has 2 aromatic carbocycles. The molecule has 6 heteroatoms. The third-order valence-corrected chi connectivity index (χ3v) is 2.92. The van der Waals surface area contributed by atoms with Crippen molar-refractivity contribution in [3.63, 3.8) is 0 Å². The first kappa shape index (κ1) is 14.3. The van der Waals surface area contributed by atoms with E-state index < -0.39 is 11.7 Å². The van der Waals surface area contributed by atoms with Gasteiger partial charge in [-0.15, -0.1) is 0 Å². The highest BCUT2D eigenvalue weighted by atomic mass is 35.5. The van der Waals surface area contributed by atoms with Gasteiger partial charge < -0.3 is 10.7 Å². The molecule has 20 heavy (non-hydrogen) atoms. The van der Waals surface area contributed by atoms with Gasteiger partial charge in [0, 0.05) is 10.7 Å². The van der Waals surface area contributed by atoms with E-state index in [-0.39, 0.29) is 5.56 Å². The average Bonchev–Trinajstić information content (AvgIpc) is 2.37. The van der Waals surface area contributed by atoms with Crippen molar-refractivity contribution in [2.24, 2.45) is 5.84 Å². The normalized spacial score (nSPS) is 10.2. The number of benzene rings is 2. The smallest absolute Gasteiger partial charge is 0.257 e. The SMILES string of the molecule is Cc1cc(F)cc(NC(=O)c2cc(Cl)ccc2NN)c1. The summed E-state index contributed by atoms with van der Waals surface area (Å²) in [5.41, 5.74) is 4.21. The molecule has 0 bridgehead atoms. The van der Waals surface area contributed by atoms with E-state index in [0.29, 0.717) is 22.0 Å². The number of nitrogens with two attached hydrogens (primary N) is 1. The molecular formula is C14H13ClFN3O. The Kier molecular flexibility index (Phi) is 4.22. The van der Waals surface area contributed by atoms with Crippen molar-refractivity contribution < 1.29 is 9.18 Å². The van der Waals surface area contributed by atoms with Crippen molar-refractivity contribution in [3.8, 4) is 0 Å². The summed E-state index contributed by atoms with van der Waals surface area (Å²) >= 11 is 5.86. The molecule has 0 fully saturated rings. The van der Waals surface area contributed by atoms with E-state index >= 15 is 0 Å². The molecule has 104 valence electrons. The number of carbonyl (C=O) groups excluding carboxylic acids is 1. The lowest BCUT2D eigenvalue weighted by molar-refractivity contribution is 0.102. The van der Waals surface area contributed by atoms with Crippen LogP contribution in [-0.4, -0.2) is 5.91 Å². The molecule has 4 nitrogen and oxygen atoms in total. The van der Waals surface area contributed by atoms with Crippen molar-refractivity contribution in [1.82, 2.24) is 0 Å². The Morgan fingerprint density at radius 3 is 2.65 bits per heavy atom. The summed E-state index contributed by atoms with van der Waals surface area (Å²) in [5, 5.41) is 3.02. The number of nitrogen functional groups attached to an aromatic ring is 1. The Morgan fingerprint density at radius 1 is 1.25 bits per heavy atom. The lowest BCUT2D eigenvalue weighted by Crippen LogP contribution is -2.17. The number of anilines is 2. The Balaban J connectivity index is 2.30. The molecule has 0 unspecified atom stereocenters. The Hall–Kier alpha value is -2.11. The topological polar surface area (TPSA) is 67.2 Å². The van der Waals surface area contributed by atoms with Crippen LogP contribution in [0, 0.1) is 12.7 Å². The number of hydrazine groups is 1. The molecule has 0 spiro atoms. The van der Waals surface area contributed by atoms with Gasteiger partial charge in [0.2, 0.25) is 0 Å². The second-order valence-electron chi connectivity index (χ2n) is 4.31. The quantitative estimate of drug-likeness (QED) is 0.601. The van der Waals surface area contributed by atoms with Gasteiger partial charge in [0.15, 0.2) is 0 Å². The summed E-state index contributed by atoms with van der Waals surface area (Å²) in [6.45, 7) is 1.74. The van der Waals surface area contributed by atoms with Crippen LogP contribution in [0.25, 0.3) is 0 Å². The summed E-state index contributed by atoms with van der Waals surface area (Å²) in [5.74, 6) is 4.51. The molecule has 4 N–H and O–H groups in total. The molecule has 0 atom stereocenters. The summed E-state index contributed by atoms with van der Waals surface area (Å²) in [6, 6.07) is 8.97. The predicted octanol–water partition coefficient (Wildman–Crippen LogP) is 3.33. The summed E-state index contributed by atoms with van der Waals surface area (Å²) < 4.78 is 13.3. The fourth-order valence-electron chi connectivity index (χ4n) is 1.84. The maximum atomic E-state index is 13.3. The van der Waals surface area contributed by atoms with Gasteiger partial charge in [-0.1, -0.05) is 11.6 Å². The maximum absolute atomic E-state index is 13.3. The highest BCUT2D eigenvalue weighted by Crippen LogP contribution is 2.22. The van der Waals surface area contributed by atoms with Crippen molar-refractivity contribution in [3.05, 3.63) is 58.4 Å². The fraction of sp³-hybridized carbons (Fsp3) is 0.0714. The number of aryl methyl sites for hydroxylation is 1. The third kappa shape index (κ3) is 3.26. The van der Waals surface area contributed by atoms with Gasteiger partial charge in [-0.05, 0) is 48.9 Å². The van der Waals surface area contributed by atoms with E-state index in [1.165, 1.54) is 18.2 Å². The number of halogens is 2. The van der Waals surface area contributed by atoms with E-state index in [9.17, 15) is 9.18 Å². The monoisotopic (exact) mass is 293 g/mol. The Bertz CT molecular complexity index is 641. The van der Waals surface area contributed by atoms with Gasteiger partial charge in [-0.2, -0.15) is 0 Å². The maximum Gasteiger partial charge on any atom is 0.257 e. The largest absolute Gasteiger partial charge is 0.323 e. The van der Waals surface area contributed by atoms with Crippen LogP contribution in [0.15, 0.2) is 36.4 Å². The zero-order chi connectivity index (χ0) is 14.7. The van der Waals surface area contributed by atoms with E-state index in [4.69, 9.17) is 17.4 Å². The molecule has 0 heterocycles. The summed E-state index contributed by atoms with van der Waals surface area (Å²) in [4.78, 5) is 12.2. The zero-order valence-electron chi connectivity index (χ0n) is 10.7. The summed E-state index contributed by atoms with van der Waals surface area (Å²) in [6.07, 6.45) is 0. The second-order valence-corrected chi connectivity index (χ2v) is 4.74. The van der Waals surface area contributed by atoms with Crippen LogP contribution in [0.4, 0.5) is 15.8 Å². The van der Waals surface area contributed by atoms with Crippen LogP contribution < -0.4 is 16.6 Å². The van der Waals surface area contributed by atoms with Crippen molar-refractivity contribution in [1.29, 1.82) is 0 Å². The van der Waals surface area contributed by atoms with Gasteiger partial charge in [0.1, 0.15) is 5.82 Å². The van der Waals surface area contributed by atoms with Gasteiger partial charge in [0.25, 0.3) is 5.91 Å². The first-order valence-corrected chi connectivity index (χ1v) is 6.22. The molecular weight excluding hydrogens is 281 g/mol. The van der Waals surface area contributed by atoms with Gasteiger partial charge in [-0.3, -0.25) is 10.6 Å². The molecule has 0 saturated heterocycles. The predicted molar refractivity (Wildman–Crippen MR) is 78.4 cm³/mol. The Labute approximate surface area is 120 Å². The number of carbonyl (C=O) groups is 1. The van der Waals surface area contributed by atoms with E-state index in [2.05, 4.69) is 10.7 Å². The first-order valence-electron chi connectivity index (χ1n) is 5.84. The highest BCUT2D eigenvalue weighted by molar-refractivity contribution is 6.31. The van der Waals surface area contributed by atoms with E-state index in [1.807, 2.05) is 0 Å². The highest BCUT2D eigenvalue weighted by Gasteiger charge is 2.12. The number of hydrogen-bond acceptors (Lipinski definition) is 3. The minimum absolute atomic E-state index is 0.280. The molecule has 0 aliphatic carbocycles. The first-order chi connectivity index (χ1) is 9.49. The van der Waals surface area contributed by atoms with Crippen LogP contribution in [-0.2, 0) is 0 Å². The van der Waals surface area contributed by atoms with Crippen molar-refractivity contribution in [2.75, 3.05) is 10.7 Å². The lowest BCUT2D eigenvalue weighted by atomic mass is 10.1. The minimum atomic E-state index is -0.426. The van der Waals surface area contributed by atoms with Gasteiger partial charge in [-0.25, -0.2) is 4.39 Å². The minimum Gasteiger partial charge on any atom is -0.323 e. The van der Waals surface area contributed by atoms with Crippen LogP contribution in [0.2, 0.25) is 5.02 Å². The number of nitrogens with one attached hydrogen (secondary N) is 2. The molecule has 2 aromatic rings. The van der Waals surface area contributed by atoms with Gasteiger partial charge in [0.05, 0.1) is 11.3 Å². The number of amides is 1. The standard InChI is InChI=1S/C14H13ClFN3O/c1-8-4-10(16)7-11(5-8)18-14(20)12-6-9(15)2-3-13(12)19-17/h2-7,19H,17H2,1H3,(H,18,20). The third-order valence-electron chi connectivity index (χ3n) is 2.68. The van der Waals surface area contributed by atoms with Crippen molar-refractivity contribution >= 4 is 28.9 Å². The molecule has 0 aliphatic heterocycles. The Morgan fingerprint density at radius 2 is 2.00 bits per heavy atom. The van der Waals surface area contributed by atoms with Crippen LogP contribution >= 0.6 is 11.6 Å². The van der Waals surface area contributed by atoms with Crippen LogP contribution in [0.5, 0.6) is 0 Å². The molecule has 0 aliphatic rings. The van der Waals surface area contributed by atoms with Crippen LogP contribution in [0.1, 0.15) is 15.9 Å². The molecule has 0 saturated carbocycles. The van der Waals surface area contributed by atoms with E-state index in [0.717, 1.165) is 0 Å². The number of rotatable bonds is 3. The van der Waals surface area contributed by atoms with Crippen molar-refractivity contribution in [2.45, 2.75) is 6.92 Å². The van der Waals surface area contributed by atoms with E-state index in [1.54, 1.807) is 25.1 Å². The lowest BCUT2D eigenvalue weighted by Gasteiger charge is -2.10. The molecule has 0 aromatic heterocycles. The molecule has 1 amide bonds. The molecule has 2 rings (SSSR count). The van der Waals surface area contributed by atoms with Gasteiger partial charge >= 0.3 is 0 Å². The summed E-state index contributed by atoms with van der Waals surface area (Å²) in [7, 11) is 0. The average molecular weight is 294 g/mol. The van der Waals surface area contributed by atoms with Crippen LogP contribution in [0.3, 0.4) is 0 Å². The fourth-order valence-corrected chi connectivity index (χ4v) is 2.01. The second kappa shape index (κ2) is 5.90.